The maximum absolute atomic E-state index is 12.2. The highest BCUT2D eigenvalue weighted by molar-refractivity contribution is 7.91. The van der Waals surface area contributed by atoms with Crippen LogP contribution in [0, 0.1) is 0 Å². The molecule has 1 amide bonds. The van der Waals surface area contributed by atoms with Crippen molar-refractivity contribution < 1.29 is 17.9 Å². The van der Waals surface area contributed by atoms with Gasteiger partial charge < -0.3 is 10.1 Å². The Labute approximate surface area is 181 Å². The van der Waals surface area contributed by atoms with Gasteiger partial charge in [0.25, 0.3) is 5.91 Å². The number of hydrogen-bond acceptors (Lipinski definition) is 4. The van der Waals surface area contributed by atoms with E-state index in [1.807, 2.05) is 36.4 Å². The molecule has 0 aromatic heterocycles. The van der Waals surface area contributed by atoms with Crippen LogP contribution in [0.2, 0.25) is 5.02 Å². The zero-order chi connectivity index (χ0) is 21.4. The summed E-state index contributed by atoms with van der Waals surface area (Å²) >= 11 is 6.27. The van der Waals surface area contributed by atoms with Gasteiger partial charge in [0.15, 0.2) is 16.4 Å². The number of ether oxygens (including phenoxy) is 1. The summed E-state index contributed by atoms with van der Waals surface area (Å²) in [5, 5.41) is 3.08. The second-order valence-electron chi connectivity index (χ2n) is 6.64. The Morgan fingerprint density at radius 3 is 2.23 bits per heavy atom. The standard InChI is InChI=1S/C23H22ClNO4S/c24-21-16-19(18-8-3-1-4-9-18)12-13-22(21)29-17-23(26)25-14-7-15-30(27,28)20-10-5-2-6-11-20/h1-6,8-13,16H,7,14-15,17H2,(H,25,26). The molecule has 5 nitrogen and oxygen atoms in total. The van der Waals surface area contributed by atoms with E-state index in [1.165, 1.54) is 0 Å². The summed E-state index contributed by atoms with van der Waals surface area (Å²) in [6.45, 7) is 0.0464. The molecular weight excluding hydrogens is 422 g/mol. The van der Waals surface area contributed by atoms with E-state index < -0.39 is 9.84 Å². The lowest BCUT2D eigenvalue weighted by Gasteiger charge is -2.10. The van der Waals surface area contributed by atoms with E-state index in [9.17, 15) is 13.2 Å². The van der Waals surface area contributed by atoms with Gasteiger partial charge in [-0.3, -0.25) is 4.79 Å². The zero-order valence-corrected chi connectivity index (χ0v) is 17.8. The molecule has 0 spiro atoms. The largest absolute Gasteiger partial charge is 0.482 e. The summed E-state index contributed by atoms with van der Waals surface area (Å²) in [5.74, 6) is 0.0405. The Hall–Kier alpha value is -2.83. The number of sulfone groups is 1. The number of carbonyl (C=O) groups is 1. The van der Waals surface area contributed by atoms with E-state index in [1.54, 1.807) is 42.5 Å². The summed E-state index contributed by atoms with van der Waals surface area (Å²) in [5.41, 5.74) is 1.99. The lowest BCUT2D eigenvalue weighted by atomic mass is 10.1. The monoisotopic (exact) mass is 443 g/mol. The third kappa shape index (κ3) is 6.08. The van der Waals surface area contributed by atoms with Gasteiger partial charge in [-0.15, -0.1) is 0 Å². The first-order valence-electron chi connectivity index (χ1n) is 9.48. The van der Waals surface area contributed by atoms with Gasteiger partial charge in [0.2, 0.25) is 0 Å². The summed E-state index contributed by atoms with van der Waals surface area (Å²) in [7, 11) is -3.35. The minimum atomic E-state index is -3.35. The number of rotatable bonds is 9. The van der Waals surface area contributed by atoms with Crippen LogP contribution in [0.25, 0.3) is 11.1 Å². The Bertz CT molecular complexity index is 1090. The smallest absolute Gasteiger partial charge is 0.257 e. The Morgan fingerprint density at radius 1 is 0.900 bits per heavy atom. The normalized spacial score (nSPS) is 11.1. The molecule has 0 bridgehead atoms. The molecule has 156 valence electrons. The van der Waals surface area contributed by atoms with Crippen LogP contribution in [0.4, 0.5) is 0 Å². The lowest BCUT2D eigenvalue weighted by Crippen LogP contribution is -2.30. The molecule has 3 aromatic rings. The number of benzene rings is 3. The van der Waals surface area contributed by atoms with Crippen LogP contribution in [0.15, 0.2) is 83.8 Å². The molecule has 0 aliphatic carbocycles. The molecular formula is C23H22ClNO4S. The van der Waals surface area contributed by atoms with E-state index in [0.717, 1.165) is 11.1 Å². The molecule has 0 saturated carbocycles. The molecule has 30 heavy (non-hydrogen) atoms. The highest BCUT2D eigenvalue weighted by Gasteiger charge is 2.13. The van der Waals surface area contributed by atoms with Gasteiger partial charge in [-0.25, -0.2) is 8.42 Å². The van der Waals surface area contributed by atoms with Gasteiger partial charge in [-0.2, -0.15) is 0 Å². The zero-order valence-electron chi connectivity index (χ0n) is 16.3. The highest BCUT2D eigenvalue weighted by atomic mass is 35.5. The van der Waals surface area contributed by atoms with Crippen LogP contribution >= 0.6 is 11.6 Å². The van der Waals surface area contributed by atoms with Crippen LogP contribution in [-0.2, 0) is 14.6 Å². The van der Waals surface area contributed by atoms with Gasteiger partial charge in [-0.05, 0) is 41.8 Å². The minimum absolute atomic E-state index is 0.0368. The molecule has 0 unspecified atom stereocenters. The van der Waals surface area contributed by atoms with Crippen LogP contribution < -0.4 is 10.1 Å². The number of carbonyl (C=O) groups excluding carboxylic acids is 1. The first-order chi connectivity index (χ1) is 14.5. The van der Waals surface area contributed by atoms with Crippen molar-refractivity contribution in [2.45, 2.75) is 11.3 Å². The lowest BCUT2D eigenvalue weighted by molar-refractivity contribution is -0.123. The van der Waals surface area contributed by atoms with Crippen molar-refractivity contribution in [1.29, 1.82) is 0 Å². The average molecular weight is 444 g/mol. The molecule has 0 heterocycles. The fourth-order valence-corrected chi connectivity index (χ4v) is 4.43. The molecule has 0 atom stereocenters. The van der Waals surface area contributed by atoms with Gasteiger partial charge in [-0.1, -0.05) is 66.2 Å². The van der Waals surface area contributed by atoms with Crippen molar-refractivity contribution >= 4 is 27.3 Å². The number of nitrogens with one attached hydrogen (secondary N) is 1. The first kappa shape index (κ1) is 21.9. The summed E-state index contributed by atoms with van der Waals surface area (Å²) in [4.78, 5) is 12.3. The van der Waals surface area contributed by atoms with Crippen molar-refractivity contribution in [2.75, 3.05) is 18.9 Å². The molecule has 0 radical (unpaired) electrons. The molecule has 0 fully saturated rings. The van der Waals surface area contributed by atoms with Gasteiger partial charge in [0.1, 0.15) is 5.75 Å². The van der Waals surface area contributed by atoms with Crippen molar-refractivity contribution in [3.8, 4) is 16.9 Å². The Kier molecular flexibility index (Phi) is 7.49. The maximum Gasteiger partial charge on any atom is 0.257 e. The van der Waals surface area contributed by atoms with Gasteiger partial charge >= 0.3 is 0 Å². The van der Waals surface area contributed by atoms with Crippen molar-refractivity contribution in [3.05, 3.63) is 83.9 Å². The third-order valence-electron chi connectivity index (χ3n) is 4.41. The molecule has 0 aliphatic rings. The SMILES string of the molecule is O=C(COc1ccc(-c2ccccc2)cc1Cl)NCCCS(=O)(=O)c1ccccc1. The first-order valence-corrected chi connectivity index (χ1v) is 11.5. The second-order valence-corrected chi connectivity index (χ2v) is 9.15. The minimum Gasteiger partial charge on any atom is -0.482 e. The summed E-state index contributed by atoms with van der Waals surface area (Å²) in [6.07, 6.45) is 0.315. The predicted octanol–water partition coefficient (Wildman–Crippen LogP) is 4.37. The molecule has 7 heteroatoms. The van der Waals surface area contributed by atoms with Crippen molar-refractivity contribution in [1.82, 2.24) is 5.32 Å². The summed E-state index contributed by atoms with van der Waals surface area (Å²) < 4.78 is 29.9. The third-order valence-corrected chi connectivity index (χ3v) is 6.52. The molecule has 0 saturated heterocycles. The maximum atomic E-state index is 12.2. The fourth-order valence-electron chi connectivity index (χ4n) is 2.86. The topological polar surface area (TPSA) is 72.5 Å². The highest BCUT2D eigenvalue weighted by Crippen LogP contribution is 2.30. The van der Waals surface area contributed by atoms with E-state index in [-0.39, 0.29) is 29.7 Å². The Balaban J connectivity index is 1.44. The van der Waals surface area contributed by atoms with E-state index in [2.05, 4.69) is 5.32 Å². The van der Waals surface area contributed by atoms with Crippen LogP contribution in [0.5, 0.6) is 5.75 Å². The number of amides is 1. The van der Waals surface area contributed by atoms with E-state index in [4.69, 9.17) is 16.3 Å². The average Bonchev–Trinajstić information content (AvgIpc) is 2.77. The van der Waals surface area contributed by atoms with E-state index >= 15 is 0 Å². The van der Waals surface area contributed by atoms with E-state index in [0.29, 0.717) is 17.2 Å². The van der Waals surface area contributed by atoms with Crippen molar-refractivity contribution in [3.63, 3.8) is 0 Å². The number of halogens is 1. The predicted molar refractivity (Wildman–Crippen MR) is 119 cm³/mol. The fraction of sp³-hybridized carbons (Fsp3) is 0.174. The van der Waals surface area contributed by atoms with Crippen molar-refractivity contribution in [2.24, 2.45) is 0 Å². The molecule has 1 N–H and O–H groups in total. The summed E-state index contributed by atoms with van der Waals surface area (Å²) in [6, 6.07) is 23.5. The molecule has 0 aliphatic heterocycles. The van der Waals surface area contributed by atoms with Gasteiger partial charge in [0.05, 0.1) is 15.7 Å². The second kappa shape index (κ2) is 10.3. The quantitative estimate of drug-likeness (QED) is 0.498. The van der Waals surface area contributed by atoms with Crippen LogP contribution in [0.1, 0.15) is 6.42 Å². The van der Waals surface area contributed by atoms with Gasteiger partial charge in [0, 0.05) is 6.54 Å². The van der Waals surface area contributed by atoms with Crippen LogP contribution in [-0.4, -0.2) is 33.2 Å². The molecule has 3 aromatic carbocycles. The Morgan fingerprint density at radius 2 is 1.57 bits per heavy atom. The van der Waals surface area contributed by atoms with Crippen LogP contribution in [0.3, 0.4) is 0 Å². The molecule has 3 rings (SSSR count). The number of hydrogen-bond donors (Lipinski definition) is 1.